The molecule has 0 saturated carbocycles. The van der Waals surface area contributed by atoms with Gasteiger partial charge in [-0.1, -0.05) is 26.7 Å². The van der Waals surface area contributed by atoms with Crippen LogP contribution in [0.5, 0.6) is 0 Å². The third kappa shape index (κ3) is 4.22. The zero-order chi connectivity index (χ0) is 12.0. The molecule has 0 spiro atoms. The molecule has 0 radical (unpaired) electrons. The van der Waals surface area contributed by atoms with E-state index in [4.69, 9.17) is 0 Å². The van der Waals surface area contributed by atoms with Crippen LogP contribution < -0.4 is 5.32 Å². The summed E-state index contributed by atoms with van der Waals surface area (Å²) in [5, 5.41) is 6.78. The van der Waals surface area contributed by atoms with Crippen LogP contribution in [0, 0.1) is 12.8 Å². The van der Waals surface area contributed by atoms with Crippen molar-refractivity contribution in [3.05, 3.63) is 16.1 Å². The van der Waals surface area contributed by atoms with Gasteiger partial charge in [-0.15, -0.1) is 11.3 Å². The van der Waals surface area contributed by atoms with Crippen LogP contribution in [0.15, 0.2) is 5.38 Å². The van der Waals surface area contributed by atoms with Gasteiger partial charge in [-0.05, 0) is 26.3 Å². The van der Waals surface area contributed by atoms with Crippen molar-refractivity contribution in [3.8, 4) is 0 Å². The predicted octanol–water partition coefficient (Wildman–Crippen LogP) is 3.41. The second-order valence-corrected chi connectivity index (χ2v) is 5.53. The fraction of sp³-hybridized carbons (Fsp3) is 0.769. The molecule has 0 aliphatic heterocycles. The molecular formula is C13H24N2S. The number of thiazole rings is 1. The van der Waals surface area contributed by atoms with E-state index < -0.39 is 0 Å². The molecule has 3 heteroatoms. The molecule has 0 saturated heterocycles. The fourth-order valence-electron chi connectivity index (χ4n) is 2.08. The highest BCUT2D eigenvalue weighted by molar-refractivity contribution is 7.09. The number of rotatable bonds is 7. The van der Waals surface area contributed by atoms with Crippen molar-refractivity contribution in [2.45, 2.75) is 52.5 Å². The summed E-state index contributed by atoms with van der Waals surface area (Å²) in [6, 6.07) is 0.575. The maximum absolute atomic E-state index is 4.54. The van der Waals surface area contributed by atoms with Crippen LogP contribution >= 0.6 is 11.3 Å². The van der Waals surface area contributed by atoms with Crippen molar-refractivity contribution < 1.29 is 0 Å². The Kier molecular flexibility index (Phi) is 5.99. The lowest BCUT2D eigenvalue weighted by molar-refractivity contribution is 0.376. The summed E-state index contributed by atoms with van der Waals surface area (Å²) in [6.07, 6.45) is 4.90. The maximum atomic E-state index is 4.54. The van der Waals surface area contributed by atoms with Gasteiger partial charge >= 0.3 is 0 Å². The van der Waals surface area contributed by atoms with Crippen LogP contribution in [0.25, 0.3) is 0 Å². The minimum Gasteiger partial charge on any atom is -0.317 e. The topological polar surface area (TPSA) is 24.9 Å². The number of nitrogens with zero attached hydrogens (tertiary/aromatic N) is 1. The van der Waals surface area contributed by atoms with Gasteiger partial charge in [0.25, 0.3) is 0 Å². The normalized spacial score (nSPS) is 13.3. The molecule has 16 heavy (non-hydrogen) atoms. The first-order valence-corrected chi connectivity index (χ1v) is 7.15. The number of hydrogen-bond acceptors (Lipinski definition) is 3. The van der Waals surface area contributed by atoms with Gasteiger partial charge in [0.05, 0.1) is 10.7 Å². The average Bonchev–Trinajstić information content (AvgIpc) is 2.70. The molecule has 0 aliphatic carbocycles. The Labute approximate surface area is 103 Å². The van der Waals surface area contributed by atoms with Crippen LogP contribution in [-0.2, 0) is 6.42 Å². The molecule has 1 atom stereocenters. The van der Waals surface area contributed by atoms with Crippen molar-refractivity contribution >= 4 is 11.3 Å². The lowest BCUT2D eigenvalue weighted by Crippen LogP contribution is -2.30. The van der Waals surface area contributed by atoms with Crippen LogP contribution in [0.1, 0.15) is 43.8 Å². The van der Waals surface area contributed by atoms with Gasteiger partial charge in [0.1, 0.15) is 0 Å². The Bertz CT molecular complexity index is 292. The smallest absolute Gasteiger partial charge is 0.0897 e. The van der Waals surface area contributed by atoms with Crippen LogP contribution in [0.4, 0.5) is 0 Å². The molecular weight excluding hydrogens is 216 g/mol. The van der Waals surface area contributed by atoms with E-state index in [0.29, 0.717) is 6.04 Å². The van der Waals surface area contributed by atoms with Crippen molar-refractivity contribution in [3.63, 3.8) is 0 Å². The molecule has 1 aromatic rings. The second kappa shape index (κ2) is 7.02. The number of nitrogens with one attached hydrogen (secondary N) is 1. The van der Waals surface area contributed by atoms with Crippen LogP contribution in [0.3, 0.4) is 0 Å². The van der Waals surface area contributed by atoms with E-state index in [0.717, 1.165) is 12.3 Å². The Morgan fingerprint density at radius 1 is 1.38 bits per heavy atom. The summed E-state index contributed by atoms with van der Waals surface area (Å²) in [5.41, 5.74) is 1.24. The zero-order valence-corrected chi connectivity index (χ0v) is 11.7. The minimum atomic E-state index is 0.575. The molecule has 0 fully saturated rings. The highest BCUT2D eigenvalue weighted by atomic mass is 32.1. The van der Waals surface area contributed by atoms with Crippen LogP contribution in [0.2, 0.25) is 0 Å². The summed E-state index contributed by atoms with van der Waals surface area (Å²) >= 11 is 1.75. The molecule has 0 amide bonds. The van der Waals surface area contributed by atoms with Crippen molar-refractivity contribution in [2.75, 3.05) is 7.05 Å². The molecule has 1 rings (SSSR count). The van der Waals surface area contributed by atoms with Crippen LogP contribution in [-0.4, -0.2) is 18.1 Å². The molecule has 0 aliphatic rings. The standard InChI is InChI=1S/C13H24N2S/c1-5-11(6-2)7-12(14-4)8-13-9-16-10(3)15-13/h9,11-12,14H,5-8H2,1-4H3. The van der Waals surface area contributed by atoms with E-state index in [1.54, 1.807) is 11.3 Å². The lowest BCUT2D eigenvalue weighted by atomic mass is 9.93. The van der Waals surface area contributed by atoms with Crippen molar-refractivity contribution in [2.24, 2.45) is 5.92 Å². The molecule has 0 aromatic carbocycles. The van der Waals surface area contributed by atoms with Crippen molar-refractivity contribution in [1.29, 1.82) is 0 Å². The van der Waals surface area contributed by atoms with E-state index in [2.05, 4.69) is 43.5 Å². The first-order valence-electron chi connectivity index (χ1n) is 6.27. The summed E-state index contributed by atoms with van der Waals surface area (Å²) < 4.78 is 0. The third-order valence-corrected chi connectivity index (χ3v) is 4.13. The average molecular weight is 240 g/mol. The van der Waals surface area contributed by atoms with E-state index in [9.17, 15) is 0 Å². The molecule has 1 heterocycles. The highest BCUT2D eigenvalue weighted by Crippen LogP contribution is 2.18. The second-order valence-electron chi connectivity index (χ2n) is 4.47. The zero-order valence-electron chi connectivity index (χ0n) is 10.9. The first-order chi connectivity index (χ1) is 7.69. The van der Waals surface area contributed by atoms with E-state index in [1.165, 1.54) is 30.0 Å². The van der Waals surface area contributed by atoms with Gasteiger partial charge in [-0.2, -0.15) is 0 Å². The monoisotopic (exact) mass is 240 g/mol. The van der Waals surface area contributed by atoms with Gasteiger partial charge in [0, 0.05) is 17.8 Å². The van der Waals surface area contributed by atoms with E-state index in [1.807, 2.05) is 0 Å². The van der Waals surface area contributed by atoms with E-state index in [-0.39, 0.29) is 0 Å². The number of aryl methyl sites for hydroxylation is 1. The van der Waals surface area contributed by atoms with Gasteiger partial charge < -0.3 is 5.32 Å². The van der Waals surface area contributed by atoms with Gasteiger partial charge in [0.15, 0.2) is 0 Å². The molecule has 1 N–H and O–H groups in total. The summed E-state index contributed by atoms with van der Waals surface area (Å²) in [4.78, 5) is 4.54. The molecule has 0 bridgehead atoms. The Hall–Kier alpha value is -0.410. The third-order valence-electron chi connectivity index (χ3n) is 3.30. The van der Waals surface area contributed by atoms with Gasteiger partial charge in [-0.25, -0.2) is 4.98 Å². The van der Waals surface area contributed by atoms with Gasteiger partial charge in [-0.3, -0.25) is 0 Å². The summed E-state index contributed by atoms with van der Waals surface area (Å²) in [6.45, 7) is 6.64. The quantitative estimate of drug-likeness (QED) is 0.790. The summed E-state index contributed by atoms with van der Waals surface area (Å²) in [5.74, 6) is 0.845. The Morgan fingerprint density at radius 2 is 2.06 bits per heavy atom. The number of likely N-dealkylation sites (N-methyl/N-ethyl adjacent to an activating group) is 1. The van der Waals surface area contributed by atoms with E-state index >= 15 is 0 Å². The molecule has 1 aromatic heterocycles. The number of hydrogen-bond donors (Lipinski definition) is 1. The fourth-order valence-corrected chi connectivity index (χ4v) is 2.71. The Balaban J connectivity index is 2.48. The highest BCUT2D eigenvalue weighted by Gasteiger charge is 2.14. The predicted molar refractivity (Wildman–Crippen MR) is 72.1 cm³/mol. The number of aromatic nitrogens is 1. The molecule has 2 nitrogen and oxygen atoms in total. The van der Waals surface area contributed by atoms with Crippen molar-refractivity contribution in [1.82, 2.24) is 10.3 Å². The Morgan fingerprint density at radius 3 is 2.50 bits per heavy atom. The SMILES string of the molecule is CCC(CC)CC(Cc1csc(C)n1)NC. The first kappa shape index (κ1) is 13.7. The summed E-state index contributed by atoms with van der Waals surface area (Å²) in [7, 11) is 2.06. The molecule has 92 valence electrons. The largest absolute Gasteiger partial charge is 0.317 e. The minimum absolute atomic E-state index is 0.575. The maximum Gasteiger partial charge on any atom is 0.0897 e. The molecule has 1 unspecified atom stereocenters. The lowest BCUT2D eigenvalue weighted by Gasteiger charge is -2.20. The van der Waals surface area contributed by atoms with Gasteiger partial charge in [0.2, 0.25) is 0 Å².